The monoisotopic (exact) mass is 156 g/mol. The Morgan fingerprint density at radius 1 is 1.55 bits per heavy atom. The maximum atomic E-state index is 10.7. The van der Waals surface area contributed by atoms with Gasteiger partial charge in [0.05, 0.1) is 6.07 Å². The van der Waals surface area contributed by atoms with Crippen LogP contribution in [0.4, 0.5) is 0 Å². The Morgan fingerprint density at radius 2 is 2.27 bits per heavy atom. The number of unbranched alkanes of at least 4 members (excludes halogenated alkanes) is 1. The van der Waals surface area contributed by atoms with Gasteiger partial charge in [0.15, 0.2) is 0 Å². The average Bonchev–Trinajstić information content (AvgIpc) is 2.01. The van der Waals surface area contributed by atoms with Crippen LogP contribution in [0.1, 0.15) is 19.3 Å². The van der Waals surface area contributed by atoms with Crippen LogP contribution in [0, 0.1) is 11.3 Å². The molecule has 2 N–H and O–H groups in total. The van der Waals surface area contributed by atoms with Gasteiger partial charge in [-0.05, 0) is 12.8 Å². The molecule has 4 heteroatoms. The van der Waals surface area contributed by atoms with Gasteiger partial charge in [0.25, 0.3) is 0 Å². The number of nitriles is 1. The molecule has 0 bridgehead atoms. The lowest BCUT2D eigenvalue weighted by molar-refractivity contribution is -0.120. The third-order valence-electron chi connectivity index (χ3n) is 1.18. The van der Waals surface area contributed by atoms with Crippen molar-refractivity contribution in [1.29, 1.82) is 5.26 Å². The molecule has 0 aromatic heterocycles. The summed E-state index contributed by atoms with van der Waals surface area (Å²) >= 11 is 0. The predicted octanol–water partition coefficient (Wildman–Crippen LogP) is -0.211. The van der Waals surface area contributed by atoms with Crippen molar-refractivity contribution in [1.82, 2.24) is 5.32 Å². The number of amides is 1. The summed E-state index contributed by atoms with van der Waals surface area (Å²) in [5.41, 5.74) is 0. The Morgan fingerprint density at radius 3 is 2.82 bits per heavy atom. The molecule has 0 unspecified atom stereocenters. The van der Waals surface area contributed by atoms with Gasteiger partial charge < -0.3 is 10.4 Å². The van der Waals surface area contributed by atoms with Gasteiger partial charge in [0.2, 0.25) is 5.91 Å². The van der Waals surface area contributed by atoms with Gasteiger partial charge in [-0.2, -0.15) is 5.26 Å². The zero-order valence-corrected chi connectivity index (χ0v) is 6.34. The maximum absolute atomic E-state index is 10.7. The van der Waals surface area contributed by atoms with Crippen molar-refractivity contribution in [2.75, 3.05) is 13.2 Å². The van der Waals surface area contributed by atoms with E-state index in [1.165, 1.54) is 0 Å². The number of carbonyl (C=O) groups is 1. The van der Waals surface area contributed by atoms with E-state index in [2.05, 4.69) is 5.32 Å². The molecule has 0 atom stereocenters. The van der Waals surface area contributed by atoms with Crippen molar-refractivity contribution in [3.05, 3.63) is 0 Å². The summed E-state index contributed by atoms with van der Waals surface area (Å²) < 4.78 is 0. The largest absolute Gasteiger partial charge is 0.396 e. The van der Waals surface area contributed by atoms with Crippen molar-refractivity contribution in [3.8, 4) is 6.07 Å². The minimum atomic E-state index is -0.125. The maximum Gasteiger partial charge on any atom is 0.220 e. The smallest absolute Gasteiger partial charge is 0.220 e. The number of hydrogen-bond donors (Lipinski definition) is 2. The normalized spacial score (nSPS) is 8.73. The Bertz CT molecular complexity index is 151. The van der Waals surface area contributed by atoms with E-state index in [0.29, 0.717) is 19.3 Å². The molecule has 0 rings (SSSR count). The van der Waals surface area contributed by atoms with Crippen molar-refractivity contribution >= 4 is 5.91 Å². The van der Waals surface area contributed by atoms with Gasteiger partial charge in [0, 0.05) is 13.0 Å². The van der Waals surface area contributed by atoms with Crippen LogP contribution in [0.15, 0.2) is 0 Å². The van der Waals surface area contributed by atoms with E-state index in [1.807, 2.05) is 6.07 Å². The van der Waals surface area contributed by atoms with Gasteiger partial charge in [0.1, 0.15) is 6.54 Å². The van der Waals surface area contributed by atoms with Crippen molar-refractivity contribution in [2.24, 2.45) is 0 Å². The molecule has 0 fully saturated rings. The van der Waals surface area contributed by atoms with Crippen LogP contribution in [-0.2, 0) is 4.79 Å². The topological polar surface area (TPSA) is 73.1 Å². The number of nitrogens with one attached hydrogen (secondary N) is 1. The minimum Gasteiger partial charge on any atom is -0.396 e. The van der Waals surface area contributed by atoms with E-state index in [9.17, 15) is 4.79 Å². The van der Waals surface area contributed by atoms with Gasteiger partial charge in [-0.25, -0.2) is 0 Å². The molecular weight excluding hydrogens is 144 g/mol. The number of aliphatic hydroxyl groups excluding tert-OH is 1. The molecule has 0 spiro atoms. The Kier molecular flexibility index (Phi) is 6.34. The molecule has 0 aliphatic carbocycles. The van der Waals surface area contributed by atoms with Crippen molar-refractivity contribution in [3.63, 3.8) is 0 Å². The summed E-state index contributed by atoms with van der Waals surface area (Å²) in [6.45, 7) is 0.184. The summed E-state index contributed by atoms with van der Waals surface area (Å²) in [6, 6.07) is 1.81. The predicted molar refractivity (Wildman–Crippen MR) is 39.6 cm³/mol. The van der Waals surface area contributed by atoms with Gasteiger partial charge in [-0.15, -0.1) is 0 Å². The first-order chi connectivity index (χ1) is 5.31. The number of rotatable bonds is 5. The molecule has 0 saturated heterocycles. The lowest BCUT2D eigenvalue weighted by Crippen LogP contribution is -2.22. The minimum absolute atomic E-state index is 0.0674. The number of aliphatic hydroxyl groups is 1. The second kappa shape index (κ2) is 7.03. The van der Waals surface area contributed by atoms with E-state index in [-0.39, 0.29) is 19.1 Å². The Hall–Kier alpha value is -1.08. The lowest BCUT2D eigenvalue weighted by atomic mass is 10.2. The summed E-state index contributed by atoms with van der Waals surface area (Å²) in [6.07, 6.45) is 1.70. The molecule has 0 aromatic carbocycles. The zero-order valence-electron chi connectivity index (χ0n) is 6.34. The van der Waals surface area contributed by atoms with Gasteiger partial charge in [-0.3, -0.25) is 4.79 Å². The highest BCUT2D eigenvalue weighted by Crippen LogP contribution is 1.92. The molecule has 11 heavy (non-hydrogen) atoms. The van der Waals surface area contributed by atoms with E-state index < -0.39 is 0 Å². The zero-order chi connectivity index (χ0) is 8.53. The molecule has 0 aliphatic heterocycles. The quantitative estimate of drug-likeness (QED) is 0.427. The number of carbonyl (C=O) groups excluding carboxylic acids is 1. The molecule has 4 nitrogen and oxygen atoms in total. The fourth-order valence-corrected chi connectivity index (χ4v) is 0.624. The van der Waals surface area contributed by atoms with Gasteiger partial charge >= 0.3 is 0 Å². The lowest BCUT2D eigenvalue weighted by Gasteiger charge is -1.98. The van der Waals surface area contributed by atoms with Crippen LogP contribution in [0.25, 0.3) is 0 Å². The first-order valence-corrected chi connectivity index (χ1v) is 3.55. The van der Waals surface area contributed by atoms with E-state index in [1.54, 1.807) is 0 Å². The molecule has 0 heterocycles. The molecule has 62 valence electrons. The van der Waals surface area contributed by atoms with Crippen LogP contribution >= 0.6 is 0 Å². The summed E-state index contributed by atoms with van der Waals surface area (Å²) in [7, 11) is 0. The second-order valence-corrected chi connectivity index (χ2v) is 2.12. The van der Waals surface area contributed by atoms with Crippen LogP contribution < -0.4 is 5.32 Å². The van der Waals surface area contributed by atoms with Crippen LogP contribution in [0.3, 0.4) is 0 Å². The highest BCUT2D eigenvalue weighted by molar-refractivity contribution is 5.75. The van der Waals surface area contributed by atoms with E-state index in [0.717, 1.165) is 0 Å². The Labute approximate surface area is 65.8 Å². The summed E-state index contributed by atoms with van der Waals surface area (Å²) in [4.78, 5) is 10.7. The molecule has 0 radical (unpaired) electrons. The number of nitrogens with zero attached hydrogens (tertiary/aromatic N) is 1. The van der Waals surface area contributed by atoms with E-state index >= 15 is 0 Å². The van der Waals surface area contributed by atoms with Crippen LogP contribution in [-0.4, -0.2) is 24.2 Å². The van der Waals surface area contributed by atoms with Gasteiger partial charge in [-0.1, -0.05) is 0 Å². The van der Waals surface area contributed by atoms with E-state index in [4.69, 9.17) is 10.4 Å². The summed E-state index contributed by atoms with van der Waals surface area (Å²) in [5, 5.41) is 18.9. The fourth-order valence-electron chi connectivity index (χ4n) is 0.624. The highest BCUT2D eigenvalue weighted by Gasteiger charge is 1.97. The SMILES string of the molecule is N#CCNC(=O)CCCCO. The molecule has 0 aliphatic rings. The second-order valence-electron chi connectivity index (χ2n) is 2.12. The standard InChI is InChI=1S/C7H12N2O2/c8-4-5-9-7(11)3-1-2-6-10/h10H,1-3,5-6H2,(H,9,11). The fraction of sp³-hybridized carbons (Fsp3) is 0.714. The highest BCUT2D eigenvalue weighted by atomic mass is 16.2. The molecular formula is C7H12N2O2. The first kappa shape index (κ1) is 9.92. The Balaban J connectivity index is 3.17. The van der Waals surface area contributed by atoms with Crippen molar-refractivity contribution in [2.45, 2.75) is 19.3 Å². The molecule has 0 aromatic rings. The van der Waals surface area contributed by atoms with Crippen LogP contribution in [0.5, 0.6) is 0 Å². The third-order valence-corrected chi connectivity index (χ3v) is 1.18. The summed E-state index contributed by atoms with van der Waals surface area (Å²) in [5.74, 6) is -0.125. The number of hydrogen-bond acceptors (Lipinski definition) is 3. The third kappa shape index (κ3) is 6.81. The van der Waals surface area contributed by atoms with Crippen LogP contribution in [0.2, 0.25) is 0 Å². The molecule has 0 saturated carbocycles. The molecule has 1 amide bonds. The van der Waals surface area contributed by atoms with Crippen molar-refractivity contribution < 1.29 is 9.90 Å². The first-order valence-electron chi connectivity index (χ1n) is 3.55. The average molecular weight is 156 g/mol.